The van der Waals surface area contributed by atoms with Gasteiger partial charge in [0, 0.05) is 0 Å². The molecule has 2 amide bonds. The van der Waals surface area contributed by atoms with Crippen molar-refractivity contribution in [2.24, 2.45) is 23.5 Å². The minimum absolute atomic E-state index is 0.0322. The standard InChI is InChI=1S/C34H54N2O7/c1-3-5-7-9-10-11-12-13-17-21-26(23-28-27(33(40)43-28)22-18-8-6-4-2)29(32(38)39)30(31(35)37)36-34(41)42-24-25-19-15-14-16-20-25/h14-16,19-20,26-30H,3-13,17-18,21-24H2,1-2H3,(H2,35,37)(H,36,41)(H,38,39)/t26?,27-,28-,29-,30-/m0/s1. The van der Waals surface area contributed by atoms with Gasteiger partial charge in [-0.25, -0.2) is 4.79 Å². The molecule has 43 heavy (non-hydrogen) atoms. The first-order chi connectivity index (χ1) is 20.8. The predicted octanol–water partition coefficient (Wildman–Crippen LogP) is 6.91. The van der Waals surface area contributed by atoms with Gasteiger partial charge in [-0.05, 0) is 30.7 Å². The molecule has 0 spiro atoms. The lowest BCUT2D eigenvalue weighted by Gasteiger charge is -2.39. The summed E-state index contributed by atoms with van der Waals surface area (Å²) in [5.74, 6) is -4.49. The summed E-state index contributed by atoms with van der Waals surface area (Å²) in [4.78, 5) is 50.2. The number of carbonyl (C=O) groups excluding carboxylic acids is 3. The van der Waals surface area contributed by atoms with E-state index in [1.54, 1.807) is 12.1 Å². The van der Waals surface area contributed by atoms with Crippen LogP contribution in [0.25, 0.3) is 0 Å². The molecule has 1 aliphatic heterocycles. The normalized spacial score (nSPS) is 18.1. The van der Waals surface area contributed by atoms with Crippen LogP contribution in [-0.2, 0) is 30.5 Å². The molecule has 2 rings (SSSR count). The molecule has 0 aromatic heterocycles. The van der Waals surface area contributed by atoms with Gasteiger partial charge in [0.2, 0.25) is 5.91 Å². The fourth-order valence-corrected chi connectivity index (χ4v) is 6.01. The van der Waals surface area contributed by atoms with Crippen LogP contribution in [0.4, 0.5) is 4.79 Å². The number of amides is 2. The molecular weight excluding hydrogens is 548 g/mol. The molecule has 0 aliphatic carbocycles. The summed E-state index contributed by atoms with van der Waals surface area (Å²) in [5.41, 5.74) is 6.43. The minimum Gasteiger partial charge on any atom is -0.481 e. The lowest BCUT2D eigenvalue weighted by atomic mass is 9.75. The van der Waals surface area contributed by atoms with Crippen molar-refractivity contribution in [1.29, 1.82) is 0 Å². The molecule has 0 saturated carbocycles. The molecule has 1 saturated heterocycles. The van der Waals surface area contributed by atoms with E-state index >= 15 is 0 Å². The highest BCUT2D eigenvalue weighted by atomic mass is 16.6. The largest absolute Gasteiger partial charge is 0.481 e. The molecule has 242 valence electrons. The monoisotopic (exact) mass is 602 g/mol. The van der Waals surface area contributed by atoms with Crippen molar-refractivity contribution in [1.82, 2.24) is 5.32 Å². The highest BCUT2D eigenvalue weighted by Gasteiger charge is 2.47. The van der Waals surface area contributed by atoms with Crippen molar-refractivity contribution in [3.8, 4) is 0 Å². The number of carbonyl (C=O) groups is 4. The van der Waals surface area contributed by atoms with E-state index in [1.807, 2.05) is 18.2 Å². The average molecular weight is 603 g/mol. The smallest absolute Gasteiger partial charge is 0.408 e. The van der Waals surface area contributed by atoms with Gasteiger partial charge in [0.25, 0.3) is 0 Å². The number of primary amides is 1. The molecule has 4 N–H and O–H groups in total. The van der Waals surface area contributed by atoms with E-state index in [0.717, 1.165) is 56.9 Å². The number of cyclic esters (lactones) is 1. The van der Waals surface area contributed by atoms with E-state index in [0.29, 0.717) is 19.3 Å². The van der Waals surface area contributed by atoms with Crippen molar-refractivity contribution in [2.75, 3.05) is 0 Å². The SMILES string of the molecule is CCCCCCCCCCCC(C[C@@H]1OC(=O)[C@H]1CCCCCC)[C@H](C(=O)O)[C@H](NC(=O)OCc1ccccc1)C(N)=O. The van der Waals surface area contributed by atoms with Crippen LogP contribution in [-0.4, -0.2) is 41.2 Å². The van der Waals surface area contributed by atoms with Gasteiger partial charge in [0.05, 0.1) is 11.8 Å². The van der Waals surface area contributed by atoms with E-state index in [1.165, 1.54) is 32.1 Å². The lowest BCUT2D eigenvalue weighted by molar-refractivity contribution is -0.188. The molecule has 5 atom stereocenters. The number of nitrogens with one attached hydrogen (secondary N) is 1. The lowest BCUT2D eigenvalue weighted by Crippen LogP contribution is -2.55. The van der Waals surface area contributed by atoms with Gasteiger partial charge >= 0.3 is 18.0 Å². The van der Waals surface area contributed by atoms with E-state index in [9.17, 15) is 24.3 Å². The Kier molecular flexibility index (Phi) is 17.4. The number of rotatable bonds is 24. The summed E-state index contributed by atoms with van der Waals surface area (Å²) in [6.07, 6.45) is 14.4. The molecule has 1 heterocycles. The number of alkyl carbamates (subject to hydrolysis) is 1. The molecule has 1 unspecified atom stereocenters. The maximum Gasteiger partial charge on any atom is 0.408 e. The van der Waals surface area contributed by atoms with Gasteiger partial charge in [-0.15, -0.1) is 0 Å². The molecular formula is C34H54N2O7. The molecule has 1 aliphatic rings. The van der Waals surface area contributed by atoms with Crippen LogP contribution in [0, 0.1) is 17.8 Å². The number of carboxylic acid groups (broad SMARTS) is 1. The summed E-state index contributed by atoms with van der Waals surface area (Å²) < 4.78 is 10.8. The Bertz CT molecular complexity index is 971. The number of esters is 1. The highest BCUT2D eigenvalue weighted by Crippen LogP contribution is 2.37. The van der Waals surface area contributed by atoms with Crippen molar-refractivity contribution >= 4 is 23.9 Å². The molecule has 0 bridgehead atoms. The van der Waals surface area contributed by atoms with Gasteiger partial charge in [-0.3, -0.25) is 14.4 Å². The first kappa shape index (κ1) is 36.1. The number of nitrogens with two attached hydrogens (primary N) is 1. The first-order valence-corrected chi connectivity index (χ1v) is 16.5. The van der Waals surface area contributed by atoms with Crippen LogP contribution in [0.3, 0.4) is 0 Å². The van der Waals surface area contributed by atoms with Gasteiger partial charge in [0.15, 0.2) is 0 Å². The van der Waals surface area contributed by atoms with Crippen LogP contribution >= 0.6 is 0 Å². The minimum atomic E-state index is -1.47. The number of hydrogen-bond donors (Lipinski definition) is 3. The third kappa shape index (κ3) is 13.4. The Morgan fingerprint density at radius 2 is 1.49 bits per heavy atom. The number of carboxylic acids is 1. The fourth-order valence-electron chi connectivity index (χ4n) is 6.01. The molecule has 9 heteroatoms. The third-order valence-corrected chi connectivity index (χ3v) is 8.55. The quantitative estimate of drug-likeness (QED) is 0.0861. The van der Waals surface area contributed by atoms with Gasteiger partial charge in [-0.2, -0.15) is 0 Å². The number of unbranched alkanes of at least 4 members (excludes halogenated alkanes) is 11. The third-order valence-electron chi connectivity index (χ3n) is 8.55. The number of aliphatic carboxylic acids is 1. The summed E-state index contributed by atoms with van der Waals surface area (Å²) in [6, 6.07) is 7.57. The van der Waals surface area contributed by atoms with E-state index in [-0.39, 0.29) is 18.5 Å². The first-order valence-electron chi connectivity index (χ1n) is 16.5. The number of hydrogen-bond acceptors (Lipinski definition) is 6. The zero-order valence-electron chi connectivity index (χ0n) is 26.3. The molecule has 1 aromatic carbocycles. The van der Waals surface area contributed by atoms with Crippen LogP contribution in [0.15, 0.2) is 30.3 Å². The van der Waals surface area contributed by atoms with Gasteiger partial charge in [-0.1, -0.05) is 128 Å². The summed E-state index contributed by atoms with van der Waals surface area (Å²) in [5, 5.41) is 12.8. The zero-order chi connectivity index (χ0) is 31.5. The number of ether oxygens (including phenoxy) is 2. The average Bonchev–Trinajstić information content (AvgIpc) is 2.98. The summed E-state index contributed by atoms with van der Waals surface area (Å²) >= 11 is 0. The van der Waals surface area contributed by atoms with Crippen LogP contribution in [0.1, 0.15) is 122 Å². The summed E-state index contributed by atoms with van der Waals surface area (Å²) in [6.45, 7) is 4.30. The Balaban J connectivity index is 2.09. The number of benzene rings is 1. The van der Waals surface area contributed by atoms with Crippen LogP contribution in [0.2, 0.25) is 0 Å². The Morgan fingerprint density at radius 3 is 2.05 bits per heavy atom. The maximum atomic E-state index is 12.7. The predicted molar refractivity (Wildman–Crippen MR) is 166 cm³/mol. The van der Waals surface area contributed by atoms with Gasteiger partial charge in [0.1, 0.15) is 18.8 Å². The maximum absolute atomic E-state index is 12.7. The Labute approximate surface area is 257 Å². The Morgan fingerprint density at radius 1 is 0.907 bits per heavy atom. The highest BCUT2D eigenvalue weighted by molar-refractivity contribution is 5.89. The fraction of sp³-hybridized carbons (Fsp3) is 0.706. The molecule has 1 aromatic rings. The zero-order valence-corrected chi connectivity index (χ0v) is 26.3. The Hall–Kier alpha value is -3.10. The van der Waals surface area contributed by atoms with Crippen molar-refractivity contribution in [2.45, 2.75) is 135 Å². The van der Waals surface area contributed by atoms with E-state index < -0.39 is 42.0 Å². The second-order valence-electron chi connectivity index (χ2n) is 12.0. The molecule has 0 radical (unpaired) electrons. The topological polar surface area (TPSA) is 145 Å². The van der Waals surface area contributed by atoms with Crippen molar-refractivity contribution in [3.05, 3.63) is 35.9 Å². The van der Waals surface area contributed by atoms with Crippen molar-refractivity contribution < 1.29 is 33.8 Å². The summed E-state index contributed by atoms with van der Waals surface area (Å²) in [7, 11) is 0. The van der Waals surface area contributed by atoms with E-state index in [2.05, 4.69) is 19.2 Å². The molecule has 1 fully saturated rings. The van der Waals surface area contributed by atoms with Crippen molar-refractivity contribution in [3.63, 3.8) is 0 Å². The second-order valence-corrected chi connectivity index (χ2v) is 12.0. The molecule has 9 nitrogen and oxygen atoms in total. The van der Waals surface area contributed by atoms with Gasteiger partial charge < -0.3 is 25.6 Å². The van der Waals surface area contributed by atoms with E-state index in [4.69, 9.17) is 15.2 Å². The van der Waals surface area contributed by atoms with Crippen LogP contribution < -0.4 is 11.1 Å². The van der Waals surface area contributed by atoms with Crippen LogP contribution in [0.5, 0.6) is 0 Å². The second kappa shape index (κ2) is 20.7.